The average Bonchev–Trinajstić information content (AvgIpc) is 2.21. The Morgan fingerprint density at radius 2 is 2.27 bits per heavy atom. The minimum absolute atomic E-state index is 0.706. The lowest BCUT2D eigenvalue weighted by Crippen LogP contribution is -2.56. The fourth-order valence-electron chi connectivity index (χ4n) is 2.26. The van der Waals surface area contributed by atoms with Gasteiger partial charge in [0.15, 0.2) is 0 Å². The molecular formula is C12H26N2S. The second-order valence-electron chi connectivity index (χ2n) is 4.88. The maximum atomic E-state index is 3.61. The van der Waals surface area contributed by atoms with E-state index in [0.29, 0.717) is 12.1 Å². The van der Waals surface area contributed by atoms with Crippen LogP contribution in [0, 0.1) is 5.92 Å². The summed E-state index contributed by atoms with van der Waals surface area (Å²) < 4.78 is 0. The summed E-state index contributed by atoms with van der Waals surface area (Å²) in [4.78, 5) is 2.66. The van der Waals surface area contributed by atoms with Gasteiger partial charge < -0.3 is 5.32 Å². The third kappa shape index (κ3) is 4.33. The number of thioether (sulfide) groups is 1. The number of rotatable bonds is 5. The van der Waals surface area contributed by atoms with E-state index in [9.17, 15) is 0 Å². The molecule has 1 aliphatic rings. The normalized spacial score (nSPS) is 30.4. The molecule has 1 rings (SSSR count). The predicted octanol–water partition coefficient (Wildman–Crippen LogP) is 2.06. The van der Waals surface area contributed by atoms with Crippen molar-refractivity contribution in [1.82, 2.24) is 10.2 Å². The second kappa shape index (κ2) is 6.77. The van der Waals surface area contributed by atoms with Gasteiger partial charge in [0.25, 0.3) is 0 Å². The van der Waals surface area contributed by atoms with Gasteiger partial charge >= 0.3 is 0 Å². The van der Waals surface area contributed by atoms with Crippen molar-refractivity contribution in [1.29, 1.82) is 0 Å². The molecule has 1 fully saturated rings. The Hall–Kier alpha value is 0.270. The van der Waals surface area contributed by atoms with E-state index in [1.54, 1.807) is 0 Å². The molecule has 0 aromatic carbocycles. The Bertz CT molecular complexity index is 175. The molecule has 15 heavy (non-hydrogen) atoms. The summed E-state index contributed by atoms with van der Waals surface area (Å²) in [6, 6.07) is 1.42. The first-order valence-corrected chi connectivity index (χ1v) is 7.53. The molecule has 3 unspecified atom stereocenters. The van der Waals surface area contributed by atoms with Crippen molar-refractivity contribution >= 4 is 11.8 Å². The van der Waals surface area contributed by atoms with Gasteiger partial charge in [-0.05, 0) is 31.3 Å². The number of hydrogen-bond donors (Lipinski definition) is 1. The monoisotopic (exact) mass is 230 g/mol. The van der Waals surface area contributed by atoms with Crippen molar-refractivity contribution in [2.45, 2.75) is 39.3 Å². The van der Waals surface area contributed by atoms with E-state index in [1.807, 2.05) is 11.8 Å². The van der Waals surface area contributed by atoms with Gasteiger partial charge in [-0.25, -0.2) is 0 Å². The SMILES string of the molecule is CCC1CN(CC(C)CSC)C(C)CN1. The topological polar surface area (TPSA) is 15.3 Å². The molecule has 1 heterocycles. The van der Waals surface area contributed by atoms with E-state index in [-0.39, 0.29) is 0 Å². The van der Waals surface area contributed by atoms with Crippen LogP contribution in [0.3, 0.4) is 0 Å². The summed E-state index contributed by atoms with van der Waals surface area (Å²) >= 11 is 1.96. The molecule has 1 N–H and O–H groups in total. The lowest BCUT2D eigenvalue weighted by atomic mass is 10.1. The summed E-state index contributed by atoms with van der Waals surface area (Å²) in [6.45, 7) is 10.6. The average molecular weight is 230 g/mol. The van der Waals surface area contributed by atoms with Gasteiger partial charge in [0.2, 0.25) is 0 Å². The Morgan fingerprint density at radius 1 is 1.53 bits per heavy atom. The zero-order valence-corrected chi connectivity index (χ0v) is 11.4. The Labute approximate surface area is 99.2 Å². The fraction of sp³-hybridized carbons (Fsp3) is 1.00. The number of nitrogens with one attached hydrogen (secondary N) is 1. The highest BCUT2D eigenvalue weighted by Gasteiger charge is 2.24. The van der Waals surface area contributed by atoms with Crippen LogP contribution in [0.4, 0.5) is 0 Å². The third-order valence-corrected chi connectivity index (χ3v) is 4.17. The Balaban J connectivity index is 2.36. The highest BCUT2D eigenvalue weighted by atomic mass is 32.2. The molecule has 0 aromatic heterocycles. The first-order valence-electron chi connectivity index (χ1n) is 6.13. The first kappa shape index (κ1) is 13.3. The highest BCUT2D eigenvalue weighted by molar-refractivity contribution is 7.98. The molecule has 0 aromatic rings. The number of piperazine rings is 1. The highest BCUT2D eigenvalue weighted by Crippen LogP contribution is 2.13. The number of nitrogens with zero attached hydrogens (tertiary/aromatic N) is 1. The standard InChI is InChI=1S/C12H26N2S/c1-5-12-8-14(11(3)6-13-12)7-10(2)9-15-4/h10-13H,5-9H2,1-4H3. The zero-order valence-electron chi connectivity index (χ0n) is 10.6. The van der Waals surface area contributed by atoms with E-state index in [1.165, 1.54) is 25.3 Å². The Morgan fingerprint density at radius 3 is 2.87 bits per heavy atom. The summed E-state index contributed by atoms with van der Waals surface area (Å²) in [5.74, 6) is 2.10. The smallest absolute Gasteiger partial charge is 0.0193 e. The molecule has 1 saturated heterocycles. The van der Waals surface area contributed by atoms with E-state index in [0.717, 1.165) is 12.5 Å². The van der Waals surface area contributed by atoms with E-state index in [4.69, 9.17) is 0 Å². The van der Waals surface area contributed by atoms with Crippen LogP contribution in [-0.4, -0.2) is 48.6 Å². The largest absolute Gasteiger partial charge is 0.311 e. The lowest BCUT2D eigenvalue weighted by molar-refractivity contribution is 0.125. The first-order chi connectivity index (χ1) is 7.17. The van der Waals surface area contributed by atoms with Gasteiger partial charge in [-0.2, -0.15) is 11.8 Å². The molecule has 0 aliphatic carbocycles. The van der Waals surface area contributed by atoms with E-state index < -0.39 is 0 Å². The van der Waals surface area contributed by atoms with E-state index in [2.05, 4.69) is 37.2 Å². The molecule has 0 bridgehead atoms. The van der Waals surface area contributed by atoms with Gasteiger partial charge in [0.1, 0.15) is 0 Å². The van der Waals surface area contributed by atoms with Crippen LogP contribution in [0.25, 0.3) is 0 Å². The van der Waals surface area contributed by atoms with Crippen molar-refractivity contribution < 1.29 is 0 Å². The van der Waals surface area contributed by atoms with Crippen LogP contribution in [0.2, 0.25) is 0 Å². The summed E-state index contributed by atoms with van der Waals surface area (Å²) in [7, 11) is 0. The molecule has 3 heteroatoms. The second-order valence-corrected chi connectivity index (χ2v) is 5.79. The van der Waals surface area contributed by atoms with Gasteiger partial charge in [-0.1, -0.05) is 13.8 Å². The van der Waals surface area contributed by atoms with Gasteiger partial charge in [0, 0.05) is 31.7 Å². The van der Waals surface area contributed by atoms with Crippen LogP contribution in [0.5, 0.6) is 0 Å². The molecular weight excluding hydrogens is 204 g/mol. The quantitative estimate of drug-likeness (QED) is 0.778. The maximum absolute atomic E-state index is 3.61. The van der Waals surface area contributed by atoms with Crippen LogP contribution in [0.1, 0.15) is 27.2 Å². The van der Waals surface area contributed by atoms with Gasteiger partial charge in [0.05, 0.1) is 0 Å². The fourth-order valence-corrected chi connectivity index (χ4v) is 2.93. The molecule has 2 nitrogen and oxygen atoms in total. The van der Waals surface area contributed by atoms with Gasteiger partial charge in [-0.15, -0.1) is 0 Å². The van der Waals surface area contributed by atoms with E-state index >= 15 is 0 Å². The molecule has 0 amide bonds. The molecule has 0 saturated carbocycles. The lowest BCUT2D eigenvalue weighted by Gasteiger charge is -2.39. The van der Waals surface area contributed by atoms with Crippen LogP contribution in [0.15, 0.2) is 0 Å². The number of hydrogen-bond acceptors (Lipinski definition) is 3. The van der Waals surface area contributed by atoms with Crippen LogP contribution < -0.4 is 5.32 Å². The summed E-state index contributed by atoms with van der Waals surface area (Å²) in [5, 5.41) is 3.61. The molecule has 90 valence electrons. The molecule has 0 spiro atoms. The molecule has 1 aliphatic heterocycles. The molecule has 3 atom stereocenters. The summed E-state index contributed by atoms with van der Waals surface area (Å²) in [5.41, 5.74) is 0. The van der Waals surface area contributed by atoms with Crippen molar-refractivity contribution in [2.24, 2.45) is 5.92 Å². The third-order valence-electron chi connectivity index (χ3n) is 3.27. The minimum atomic E-state index is 0.706. The Kier molecular flexibility index (Phi) is 6.02. The maximum Gasteiger partial charge on any atom is 0.0193 e. The van der Waals surface area contributed by atoms with Crippen LogP contribution in [-0.2, 0) is 0 Å². The minimum Gasteiger partial charge on any atom is -0.311 e. The van der Waals surface area contributed by atoms with Crippen molar-refractivity contribution in [2.75, 3.05) is 31.6 Å². The van der Waals surface area contributed by atoms with Crippen molar-refractivity contribution in [3.05, 3.63) is 0 Å². The van der Waals surface area contributed by atoms with Gasteiger partial charge in [-0.3, -0.25) is 4.90 Å². The summed E-state index contributed by atoms with van der Waals surface area (Å²) in [6.07, 6.45) is 3.45. The zero-order chi connectivity index (χ0) is 11.3. The van der Waals surface area contributed by atoms with Crippen molar-refractivity contribution in [3.8, 4) is 0 Å². The van der Waals surface area contributed by atoms with Crippen molar-refractivity contribution in [3.63, 3.8) is 0 Å². The molecule has 0 radical (unpaired) electrons. The predicted molar refractivity (Wildman–Crippen MR) is 70.7 cm³/mol. The van der Waals surface area contributed by atoms with Crippen LogP contribution >= 0.6 is 11.8 Å².